The van der Waals surface area contributed by atoms with Crippen LogP contribution in [0.5, 0.6) is 0 Å². The standard InChI is InChI=1S/C17H14FN5/c1-10-7-11(3-5-13(10)18)16-17(20-9-19-16)12-4-6-14-15(8-12)23(2)22-21-14/h3-9H,1-2H3,(H,19,20). The number of rotatable bonds is 2. The molecule has 1 N–H and O–H groups in total. The third kappa shape index (κ3) is 2.19. The third-order valence-corrected chi connectivity index (χ3v) is 3.97. The van der Waals surface area contributed by atoms with Crippen LogP contribution < -0.4 is 0 Å². The van der Waals surface area contributed by atoms with Crippen molar-refractivity contribution in [1.82, 2.24) is 25.0 Å². The smallest absolute Gasteiger partial charge is 0.126 e. The number of hydrogen-bond acceptors (Lipinski definition) is 3. The fraction of sp³-hybridized carbons (Fsp3) is 0.118. The van der Waals surface area contributed by atoms with Gasteiger partial charge in [-0.3, -0.25) is 0 Å². The zero-order chi connectivity index (χ0) is 16.0. The molecule has 0 bridgehead atoms. The van der Waals surface area contributed by atoms with Gasteiger partial charge in [-0.05, 0) is 42.8 Å². The van der Waals surface area contributed by atoms with Gasteiger partial charge in [0.05, 0.1) is 23.2 Å². The second-order valence-corrected chi connectivity index (χ2v) is 5.51. The Morgan fingerprint density at radius 3 is 2.74 bits per heavy atom. The van der Waals surface area contributed by atoms with E-state index in [1.807, 2.05) is 25.2 Å². The van der Waals surface area contributed by atoms with Gasteiger partial charge in [0, 0.05) is 18.2 Å². The van der Waals surface area contributed by atoms with Gasteiger partial charge in [-0.25, -0.2) is 14.1 Å². The van der Waals surface area contributed by atoms with Crippen molar-refractivity contribution in [3.8, 4) is 22.5 Å². The summed E-state index contributed by atoms with van der Waals surface area (Å²) in [5, 5.41) is 8.11. The fourth-order valence-corrected chi connectivity index (χ4v) is 2.71. The van der Waals surface area contributed by atoms with Gasteiger partial charge in [0.1, 0.15) is 11.3 Å². The van der Waals surface area contributed by atoms with Crippen LogP contribution in [0.15, 0.2) is 42.7 Å². The summed E-state index contributed by atoms with van der Waals surface area (Å²) >= 11 is 0. The molecule has 0 unspecified atom stereocenters. The van der Waals surface area contributed by atoms with Gasteiger partial charge in [0.25, 0.3) is 0 Å². The van der Waals surface area contributed by atoms with Crippen LogP contribution in [0.1, 0.15) is 5.56 Å². The Hall–Kier alpha value is -3.02. The Balaban J connectivity index is 1.87. The molecule has 0 spiro atoms. The first kappa shape index (κ1) is 13.6. The minimum absolute atomic E-state index is 0.215. The molecule has 2 aromatic heterocycles. The monoisotopic (exact) mass is 307 g/mol. The Morgan fingerprint density at radius 2 is 1.91 bits per heavy atom. The molecule has 6 heteroatoms. The van der Waals surface area contributed by atoms with E-state index in [4.69, 9.17) is 0 Å². The highest BCUT2D eigenvalue weighted by molar-refractivity contribution is 5.85. The van der Waals surface area contributed by atoms with Gasteiger partial charge < -0.3 is 4.98 Å². The van der Waals surface area contributed by atoms with Crippen LogP contribution >= 0.6 is 0 Å². The number of nitrogens with zero attached hydrogens (tertiary/aromatic N) is 4. The van der Waals surface area contributed by atoms with Crippen molar-refractivity contribution in [3.05, 3.63) is 54.1 Å². The number of aromatic nitrogens is 5. The van der Waals surface area contributed by atoms with E-state index in [1.54, 1.807) is 30.1 Å². The summed E-state index contributed by atoms with van der Waals surface area (Å²) in [5.74, 6) is -0.215. The summed E-state index contributed by atoms with van der Waals surface area (Å²) in [6, 6.07) is 10.9. The zero-order valence-electron chi connectivity index (χ0n) is 12.7. The number of halogens is 1. The molecule has 0 saturated heterocycles. The third-order valence-electron chi connectivity index (χ3n) is 3.97. The first-order chi connectivity index (χ1) is 11.1. The highest BCUT2D eigenvalue weighted by atomic mass is 19.1. The average Bonchev–Trinajstić information content (AvgIpc) is 3.17. The van der Waals surface area contributed by atoms with E-state index in [2.05, 4.69) is 20.3 Å². The lowest BCUT2D eigenvalue weighted by Gasteiger charge is -2.05. The summed E-state index contributed by atoms with van der Waals surface area (Å²) in [6.45, 7) is 1.75. The second-order valence-electron chi connectivity index (χ2n) is 5.51. The van der Waals surface area contributed by atoms with Gasteiger partial charge in [-0.15, -0.1) is 5.10 Å². The number of H-pyrrole nitrogens is 1. The maximum absolute atomic E-state index is 13.5. The van der Waals surface area contributed by atoms with E-state index in [0.717, 1.165) is 33.5 Å². The van der Waals surface area contributed by atoms with Gasteiger partial charge >= 0.3 is 0 Å². The van der Waals surface area contributed by atoms with Gasteiger partial charge in [-0.2, -0.15) is 0 Å². The summed E-state index contributed by atoms with van der Waals surface area (Å²) < 4.78 is 15.2. The maximum Gasteiger partial charge on any atom is 0.126 e. The molecule has 5 nitrogen and oxygen atoms in total. The number of aromatic amines is 1. The fourth-order valence-electron chi connectivity index (χ4n) is 2.71. The van der Waals surface area contributed by atoms with Crippen LogP contribution in [0.4, 0.5) is 4.39 Å². The Kier molecular flexibility index (Phi) is 2.97. The van der Waals surface area contributed by atoms with E-state index in [0.29, 0.717) is 5.56 Å². The minimum Gasteiger partial charge on any atom is -0.344 e. The summed E-state index contributed by atoms with van der Waals surface area (Å²) in [7, 11) is 1.86. The first-order valence-corrected chi connectivity index (χ1v) is 7.23. The molecule has 2 aromatic carbocycles. The predicted octanol–water partition coefficient (Wildman–Crippen LogP) is 3.47. The number of imidazole rings is 1. The number of aryl methyl sites for hydroxylation is 2. The number of nitrogens with one attached hydrogen (secondary N) is 1. The first-order valence-electron chi connectivity index (χ1n) is 7.23. The van der Waals surface area contributed by atoms with Crippen molar-refractivity contribution >= 4 is 11.0 Å². The number of hydrogen-bond donors (Lipinski definition) is 1. The van der Waals surface area contributed by atoms with Crippen molar-refractivity contribution in [2.45, 2.75) is 6.92 Å². The highest BCUT2D eigenvalue weighted by Gasteiger charge is 2.13. The van der Waals surface area contributed by atoms with Gasteiger partial charge in [-0.1, -0.05) is 11.3 Å². The van der Waals surface area contributed by atoms with Gasteiger partial charge in [0.2, 0.25) is 0 Å². The molecule has 0 atom stereocenters. The maximum atomic E-state index is 13.5. The van der Waals surface area contributed by atoms with Crippen LogP contribution in [-0.4, -0.2) is 25.0 Å². The van der Waals surface area contributed by atoms with Crippen LogP contribution in [-0.2, 0) is 7.05 Å². The SMILES string of the molecule is Cc1cc(-c2nc[nH]c2-c2ccc3nnn(C)c3c2)ccc1F. The van der Waals surface area contributed by atoms with Crippen molar-refractivity contribution in [2.75, 3.05) is 0 Å². The molecule has 0 aliphatic heterocycles. The topological polar surface area (TPSA) is 59.4 Å². The number of fused-ring (bicyclic) bond motifs is 1. The van der Waals surface area contributed by atoms with Crippen LogP contribution in [0.25, 0.3) is 33.5 Å². The largest absolute Gasteiger partial charge is 0.344 e. The van der Waals surface area contributed by atoms with Crippen molar-refractivity contribution in [3.63, 3.8) is 0 Å². The summed E-state index contributed by atoms with van der Waals surface area (Å²) in [6.07, 6.45) is 1.65. The molecule has 4 aromatic rings. The normalized spacial score (nSPS) is 11.3. The van der Waals surface area contributed by atoms with Crippen molar-refractivity contribution < 1.29 is 4.39 Å². The molecular formula is C17H14FN5. The molecule has 4 rings (SSSR count). The zero-order valence-corrected chi connectivity index (χ0v) is 12.7. The van der Waals surface area contributed by atoms with E-state index in [1.165, 1.54) is 6.07 Å². The Morgan fingerprint density at radius 1 is 1.09 bits per heavy atom. The molecule has 0 saturated carbocycles. The molecule has 0 amide bonds. The molecule has 114 valence electrons. The molecule has 2 heterocycles. The second kappa shape index (κ2) is 5.01. The molecule has 23 heavy (non-hydrogen) atoms. The predicted molar refractivity (Wildman–Crippen MR) is 86.2 cm³/mol. The molecule has 0 radical (unpaired) electrons. The minimum atomic E-state index is -0.215. The Bertz CT molecular complexity index is 1010. The summed E-state index contributed by atoms with van der Waals surface area (Å²) in [5.41, 5.74) is 5.93. The van der Waals surface area contributed by atoms with E-state index >= 15 is 0 Å². The highest BCUT2D eigenvalue weighted by Crippen LogP contribution is 2.31. The van der Waals surface area contributed by atoms with Crippen molar-refractivity contribution in [2.24, 2.45) is 7.05 Å². The number of benzene rings is 2. The van der Waals surface area contributed by atoms with E-state index in [-0.39, 0.29) is 5.82 Å². The summed E-state index contributed by atoms with van der Waals surface area (Å²) in [4.78, 5) is 7.58. The van der Waals surface area contributed by atoms with Gasteiger partial charge in [0.15, 0.2) is 0 Å². The van der Waals surface area contributed by atoms with Crippen LogP contribution in [0.3, 0.4) is 0 Å². The molecular weight excluding hydrogens is 293 g/mol. The molecule has 0 aliphatic rings. The Labute approximate surface area is 131 Å². The van der Waals surface area contributed by atoms with E-state index in [9.17, 15) is 4.39 Å². The van der Waals surface area contributed by atoms with Crippen molar-refractivity contribution in [1.29, 1.82) is 0 Å². The lowest BCUT2D eigenvalue weighted by Crippen LogP contribution is -1.90. The average molecular weight is 307 g/mol. The lowest BCUT2D eigenvalue weighted by atomic mass is 10.0. The van der Waals surface area contributed by atoms with E-state index < -0.39 is 0 Å². The van der Waals surface area contributed by atoms with Crippen LogP contribution in [0, 0.1) is 12.7 Å². The quantitative estimate of drug-likeness (QED) is 0.617. The molecule has 0 aliphatic carbocycles. The lowest BCUT2D eigenvalue weighted by molar-refractivity contribution is 0.619. The van der Waals surface area contributed by atoms with Crippen LogP contribution in [0.2, 0.25) is 0 Å². The molecule has 0 fully saturated rings.